The van der Waals surface area contributed by atoms with E-state index in [2.05, 4.69) is 11.8 Å². The van der Waals surface area contributed by atoms with Gasteiger partial charge in [0.15, 0.2) is 0 Å². The highest BCUT2D eigenvalue weighted by Crippen LogP contribution is 2.29. The van der Waals surface area contributed by atoms with Gasteiger partial charge in [0.05, 0.1) is 24.0 Å². The Labute approximate surface area is 108 Å². The Kier molecular flexibility index (Phi) is 3.75. The van der Waals surface area contributed by atoms with Crippen LogP contribution in [-0.4, -0.2) is 26.2 Å². The lowest BCUT2D eigenvalue weighted by molar-refractivity contribution is 0.0601. The van der Waals surface area contributed by atoms with Crippen LogP contribution in [0.1, 0.15) is 30.1 Å². The molecule has 0 aromatic heterocycles. The van der Waals surface area contributed by atoms with Crippen molar-refractivity contribution >= 4 is 17.3 Å². The maximum Gasteiger partial charge on any atom is 0.337 e. The number of nitrogens with zero attached hydrogens (tertiary/aromatic N) is 1. The molecule has 0 unspecified atom stereocenters. The van der Waals surface area contributed by atoms with Crippen LogP contribution in [0.2, 0.25) is 0 Å². The van der Waals surface area contributed by atoms with Gasteiger partial charge in [-0.25, -0.2) is 4.79 Å². The summed E-state index contributed by atoms with van der Waals surface area (Å²) in [6, 6.07) is 5.31. The van der Waals surface area contributed by atoms with Crippen molar-refractivity contribution in [3.05, 3.63) is 23.8 Å². The van der Waals surface area contributed by atoms with E-state index in [0.29, 0.717) is 5.56 Å². The van der Waals surface area contributed by atoms with Gasteiger partial charge in [-0.2, -0.15) is 0 Å². The van der Waals surface area contributed by atoms with E-state index in [1.807, 2.05) is 6.07 Å². The molecule has 1 fully saturated rings. The first kappa shape index (κ1) is 12.7. The number of rotatable bonds is 2. The van der Waals surface area contributed by atoms with Crippen LogP contribution in [0.25, 0.3) is 0 Å². The number of nitrogens with two attached hydrogens (primary N) is 1. The molecular weight excluding hydrogens is 228 g/mol. The molecule has 0 atom stereocenters. The molecule has 0 aliphatic carbocycles. The third kappa shape index (κ3) is 2.58. The Bertz CT molecular complexity index is 437. The van der Waals surface area contributed by atoms with Gasteiger partial charge in [-0.05, 0) is 37.0 Å². The second-order valence-electron chi connectivity index (χ2n) is 4.93. The molecule has 2 N–H and O–H groups in total. The highest BCUT2D eigenvalue weighted by molar-refractivity contribution is 5.92. The van der Waals surface area contributed by atoms with Crippen molar-refractivity contribution in [2.75, 3.05) is 30.8 Å². The minimum absolute atomic E-state index is 0.318. The molecule has 1 aliphatic heterocycles. The summed E-state index contributed by atoms with van der Waals surface area (Å²) in [4.78, 5) is 13.8. The zero-order valence-electron chi connectivity index (χ0n) is 11.0. The number of carbonyl (C=O) groups is 1. The van der Waals surface area contributed by atoms with Crippen LogP contribution >= 0.6 is 0 Å². The van der Waals surface area contributed by atoms with Crippen LogP contribution in [0, 0.1) is 5.92 Å². The SMILES string of the molecule is COC(=O)c1ccc(N)c(N2CCC(C)CC2)c1. The standard InChI is InChI=1S/C14H20N2O2/c1-10-5-7-16(8-6-10)13-9-11(14(17)18-2)3-4-12(13)15/h3-4,9-10H,5-8,15H2,1-2H3. The fourth-order valence-corrected chi connectivity index (χ4v) is 2.31. The number of hydrogen-bond donors (Lipinski definition) is 1. The van der Waals surface area contributed by atoms with Crippen molar-refractivity contribution in [3.63, 3.8) is 0 Å². The largest absolute Gasteiger partial charge is 0.465 e. The molecule has 1 aromatic carbocycles. The number of esters is 1. The molecule has 4 heteroatoms. The number of benzene rings is 1. The van der Waals surface area contributed by atoms with Crippen LogP contribution < -0.4 is 10.6 Å². The van der Waals surface area contributed by atoms with Gasteiger partial charge in [-0.15, -0.1) is 0 Å². The van der Waals surface area contributed by atoms with Crippen molar-refractivity contribution in [1.82, 2.24) is 0 Å². The van der Waals surface area contributed by atoms with Crippen molar-refractivity contribution in [1.29, 1.82) is 0 Å². The first-order valence-corrected chi connectivity index (χ1v) is 6.34. The average Bonchev–Trinajstić information content (AvgIpc) is 2.39. The minimum atomic E-state index is -0.318. The Balaban J connectivity index is 2.23. The number of hydrogen-bond acceptors (Lipinski definition) is 4. The highest BCUT2D eigenvalue weighted by atomic mass is 16.5. The summed E-state index contributed by atoms with van der Waals surface area (Å²) >= 11 is 0. The van der Waals surface area contributed by atoms with E-state index in [0.717, 1.165) is 30.4 Å². The first-order chi connectivity index (χ1) is 8.61. The molecule has 0 saturated carbocycles. The summed E-state index contributed by atoms with van der Waals surface area (Å²) in [7, 11) is 1.39. The van der Waals surface area contributed by atoms with Crippen molar-refractivity contribution in [2.24, 2.45) is 5.92 Å². The van der Waals surface area contributed by atoms with Gasteiger partial charge >= 0.3 is 5.97 Å². The zero-order chi connectivity index (χ0) is 13.1. The van der Waals surface area contributed by atoms with E-state index in [4.69, 9.17) is 10.5 Å². The van der Waals surface area contributed by atoms with Crippen molar-refractivity contribution < 1.29 is 9.53 Å². The van der Waals surface area contributed by atoms with Crippen LogP contribution in [0.15, 0.2) is 18.2 Å². The smallest absolute Gasteiger partial charge is 0.337 e. The summed E-state index contributed by atoms with van der Waals surface area (Å²) in [6.07, 6.45) is 2.34. The second kappa shape index (κ2) is 5.29. The average molecular weight is 248 g/mol. The molecule has 0 bridgehead atoms. The van der Waals surface area contributed by atoms with E-state index < -0.39 is 0 Å². The van der Waals surface area contributed by atoms with Crippen molar-refractivity contribution in [2.45, 2.75) is 19.8 Å². The lowest BCUT2D eigenvalue weighted by Gasteiger charge is -2.33. The number of piperidine rings is 1. The van der Waals surface area contributed by atoms with Gasteiger partial charge in [0, 0.05) is 13.1 Å². The summed E-state index contributed by atoms with van der Waals surface area (Å²) in [5.74, 6) is 0.452. The molecule has 1 saturated heterocycles. The number of anilines is 2. The van der Waals surface area contributed by atoms with Gasteiger partial charge in [-0.3, -0.25) is 0 Å². The quantitative estimate of drug-likeness (QED) is 0.644. The van der Waals surface area contributed by atoms with Gasteiger partial charge in [0.1, 0.15) is 0 Å². The second-order valence-corrected chi connectivity index (χ2v) is 4.93. The van der Waals surface area contributed by atoms with E-state index >= 15 is 0 Å². The monoisotopic (exact) mass is 248 g/mol. The van der Waals surface area contributed by atoms with Crippen LogP contribution in [0.5, 0.6) is 0 Å². The van der Waals surface area contributed by atoms with Gasteiger partial charge in [0.25, 0.3) is 0 Å². The molecule has 0 amide bonds. The van der Waals surface area contributed by atoms with E-state index in [1.165, 1.54) is 20.0 Å². The molecule has 18 heavy (non-hydrogen) atoms. The fourth-order valence-electron chi connectivity index (χ4n) is 2.31. The fraction of sp³-hybridized carbons (Fsp3) is 0.500. The third-order valence-corrected chi connectivity index (χ3v) is 3.58. The molecule has 2 rings (SSSR count). The Morgan fingerprint density at radius 3 is 2.67 bits per heavy atom. The van der Waals surface area contributed by atoms with E-state index in [9.17, 15) is 4.79 Å². The predicted octanol–water partition coefficient (Wildman–Crippen LogP) is 2.29. The Hall–Kier alpha value is -1.71. The molecule has 1 heterocycles. The van der Waals surface area contributed by atoms with E-state index in [-0.39, 0.29) is 5.97 Å². The molecule has 0 radical (unpaired) electrons. The zero-order valence-corrected chi connectivity index (χ0v) is 11.0. The topological polar surface area (TPSA) is 55.6 Å². The summed E-state index contributed by atoms with van der Waals surface area (Å²) in [5.41, 5.74) is 8.23. The Morgan fingerprint density at radius 1 is 1.39 bits per heavy atom. The van der Waals surface area contributed by atoms with Crippen LogP contribution in [0.3, 0.4) is 0 Å². The maximum absolute atomic E-state index is 11.5. The first-order valence-electron chi connectivity index (χ1n) is 6.34. The lowest BCUT2D eigenvalue weighted by Crippen LogP contribution is -2.33. The molecule has 98 valence electrons. The molecule has 1 aromatic rings. The number of ether oxygens (including phenoxy) is 1. The third-order valence-electron chi connectivity index (χ3n) is 3.58. The highest BCUT2D eigenvalue weighted by Gasteiger charge is 2.19. The Morgan fingerprint density at radius 2 is 2.06 bits per heavy atom. The normalized spacial score (nSPS) is 16.7. The molecule has 0 spiro atoms. The molecule has 4 nitrogen and oxygen atoms in total. The molecule has 1 aliphatic rings. The van der Waals surface area contributed by atoms with Crippen LogP contribution in [0.4, 0.5) is 11.4 Å². The number of carbonyl (C=O) groups excluding carboxylic acids is 1. The summed E-state index contributed by atoms with van der Waals surface area (Å²) in [6.45, 7) is 4.26. The van der Waals surface area contributed by atoms with Gasteiger partial charge < -0.3 is 15.4 Å². The van der Waals surface area contributed by atoms with E-state index in [1.54, 1.807) is 12.1 Å². The van der Waals surface area contributed by atoms with Gasteiger partial charge in [0.2, 0.25) is 0 Å². The molecular formula is C14H20N2O2. The van der Waals surface area contributed by atoms with Gasteiger partial charge in [-0.1, -0.05) is 6.92 Å². The predicted molar refractivity (Wildman–Crippen MR) is 72.8 cm³/mol. The maximum atomic E-state index is 11.5. The number of methoxy groups -OCH3 is 1. The minimum Gasteiger partial charge on any atom is -0.465 e. The van der Waals surface area contributed by atoms with Crippen molar-refractivity contribution in [3.8, 4) is 0 Å². The summed E-state index contributed by atoms with van der Waals surface area (Å²) in [5, 5.41) is 0. The summed E-state index contributed by atoms with van der Waals surface area (Å²) < 4.78 is 4.74. The van der Waals surface area contributed by atoms with Crippen LogP contribution in [-0.2, 0) is 4.74 Å². The number of nitrogen functional groups attached to an aromatic ring is 1. The lowest BCUT2D eigenvalue weighted by atomic mass is 9.98.